The second kappa shape index (κ2) is 8.76. The summed E-state index contributed by atoms with van der Waals surface area (Å²) in [6.07, 6.45) is 1.99. The van der Waals surface area contributed by atoms with E-state index in [-0.39, 0.29) is 18.1 Å². The molecule has 0 aromatic carbocycles. The summed E-state index contributed by atoms with van der Waals surface area (Å²) < 4.78 is 5.79. The number of amides is 1. The van der Waals surface area contributed by atoms with Crippen LogP contribution < -0.4 is 0 Å². The normalized spacial score (nSPS) is 19.7. The first-order valence-corrected chi connectivity index (χ1v) is 8.45. The molecule has 0 saturated carbocycles. The molecule has 1 fully saturated rings. The number of hydrogen-bond acceptors (Lipinski definition) is 6. The third-order valence-electron chi connectivity index (χ3n) is 4.26. The summed E-state index contributed by atoms with van der Waals surface area (Å²) in [6, 6.07) is 1.81. The Labute approximate surface area is 142 Å². The van der Waals surface area contributed by atoms with Crippen molar-refractivity contribution in [2.45, 2.75) is 45.3 Å². The van der Waals surface area contributed by atoms with E-state index in [0.29, 0.717) is 38.5 Å². The second-order valence-corrected chi connectivity index (χ2v) is 6.09. The molecule has 24 heavy (non-hydrogen) atoms. The maximum atomic E-state index is 12.5. The Hall–Kier alpha value is -1.98. The number of aromatic amines is 1. The van der Waals surface area contributed by atoms with E-state index in [9.17, 15) is 4.79 Å². The Morgan fingerprint density at radius 1 is 1.62 bits per heavy atom. The number of nitrogens with one attached hydrogen (secondary N) is 1. The summed E-state index contributed by atoms with van der Waals surface area (Å²) in [5.74, 6) is 1.54. The van der Waals surface area contributed by atoms with Crippen LogP contribution in [-0.2, 0) is 16.0 Å². The Morgan fingerprint density at radius 2 is 2.42 bits per heavy atom. The highest BCUT2D eigenvalue weighted by Gasteiger charge is 2.31. The maximum Gasteiger partial charge on any atom is 0.239 e. The number of carbonyl (C=O) groups is 1. The highest BCUT2D eigenvalue weighted by molar-refractivity contribution is 5.81. The zero-order valence-electron chi connectivity index (χ0n) is 14.7. The smallest absolute Gasteiger partial charge is 0.239 e. The minimum absolute atomic E-state index is 0.0209. The van der Waals surface area contributed by atoms with Crippen molar-refractivity contribution in [2.75, 3.05) is 33.3 Å². The third-order valence-corrected chi connectivity index (χ3v) is 4.26. The molecule has 132 valence electrons. The van der Waals surface area contributed by atoms with E-state index in [2.05, 4.69) is 33.1 Å². The fourth-order valence-electron chi connectivity index (χ4n) is 2.78. The summed E-state index contributed by atoms with van der Waals surface area (Å²) in [5.41, 5.74) is 0. The van der Waals surface area contributed by atoms with E-state index in [1.165, 1.54) is 0 Å². The first-order valence-electron chi connectivity index (χ1n) is 8.45. The van der Waals surface area contributed by atoms with Gasteiger partial charge in [0.2, 0.25) is 5.91 Å². The Morgan fingerprint density at radius 3 is 3.12 bits per heavy atom. The van der Waals surface area contributed by atoms with E-state index in [1.807, 2.05) is 6.92 Å². The van der Waals surface area contributed by atoms with Crippen LogP contribution in [0.15, 0.2) is 0 Å². The number of ether oxygens (including phenoxy) is 1. The molecule has 0 spiro atoms. The van der Waals surface area contributed by atoms with E-state index in [1.54, 1.807) is 11.9 Å². The van der Waals surface area contributed by atoms with Gasteiger partial charge in [0.15, 0.2) is 5.82 Å². The third kappa shape index (κ3) is 4.52. The summed E-state index contributed by atoms with van der Waals surface area (Å²) in [4.78, 5) is 20.7. The van der Waals surface area contributed by atoms with Crippen molar-refractivity contribution >= 4 is 5.91 Å². The van der Waals surface area contributed by atoms with Gasteiger partial charge in [0.1, 0.15) is 11.9 Å². The van der Waals surface area contributed by atoms with Gasteiger partial charge in [0, 0.05) is 33.1 Å². The average Bonchev–Trinajstić information content (AvgIpc) is 3.07. The summed E-state index contributed by atoms with van der Waals surface area (Å²) in [6.45, 7) is 6.27. The number of likely N-dealkylation sites (N-methyl/N-ethyl adjacent to an activating group) is 1. The van der Waals surface area contributed by atoms with Gasteiger partial charge in [-0.25, -0.2) is 4.98 Å². The lowest BCUT2D eigenvalue weighted by atomic mass is 10.2. The van der Waals surface area contributed by atoms with Crippen molar-refractivity contribution in [3.8, 4) is 6.07 Å². The molecule has 1 amide bonds. The van der Waals surface area contributed by atoms with Crippen LogP contribution in [0.25, 0.3) is 0 Å². The first kappa shape index (κ1) is 18.4. The van der Waals surface area contributed by atoms with Gasteiger partial charge in [-0.2, -0.15) is 10.4 Å². The Bertz CT molecular complexity index is 581. The van der Waals surface area contributed by atoms with Gasteiger partial charge in [0.25, 0.3) is 0 Å². The average molecular weight is 334 g/mol. The van der Waals surface area contributed by atoms with Gasteiger partial charge < -0.3 is 9.64 Å². The van der Waals surface area contributed by atoms with Crippen molar-refractivity contribution in [1.29, 1.82) is 5.26 Å². The molecule has 1 aromatic heterocycles. The van der Waals surface area contributed by atoms with Crippen LogP contribution in [0.3, 0.4) is 0 Å². The minimum atomic E-state index is -0.255. The van der Waals surface area contributed by atoms with Crippen LogP contribution in [0.2, 0.25) is 0 Å². The number of carbonyl (C=O) groups excluding carboxylic acids is 1. The monoisotopic (exact) mass is 334 g/mol. The molecule has 8 nitrogen and oxygen atoms in total. The van der Waals surface area contributed by atoms with E-state index in [0.717, 1.165) is 18.7 Å². The SMILES string of the molecule is CCCc1nc([C@H]2CN([C@@H](C)C(=O)N(C)CCC#N)CCO2)n[nH]1. The minimum Gasteiger partial charge on any atom is -0.367 e. The van der Waals surface area contributed by atoms with Gasteiger partial charge in [0.05, 0.1) is 25.1 Å². The summed E-state index contributed by atoms with van der Waals surface area (Å²) >= 11 is 0. The molecule has 1 N–H and O–H groups in total. The molecule has 1 saturated heterocycles. The lowest BCUT2D eigenvalue weighted by Crippen LogP contribution is -2.50. The molecule has 2 atom stereocenters. The van der Waals surface area contributed by atoms with Gasteiger partial charge in [-0.3, -0.25) is 14.8 Å². The van der Waals surface area contributed by atoms with Crippen LogP contribution in [0.1, 0.15) is 44.4 Å². The number of rotatable bonds is 7. The molecule has 1 aromatic rings. The predicted molar refractivity (Wildman–Crippen MR) is 88.0 cm³/mol. The maximum absolute atomic E-state index is 12.5. The van der Waals surface area contributed by atoms with E-state index >= 15 is 0 Å². The fourth-order valence-corrected chi connectivity index (χ4v) is 2.78. The summed E-state index contributed by atoms with van der Waals surface area (Å²) in [7, 11) is 1.74. The zero-order valence-corrected chi connectivity index (χ0v) is 14.7. The molecule has 1 aliphatic heterocycles. The molecule has 0 bridgehead atoms. The van der Waals surface area contributed by atoms with Gasteiger partial charge in [-0.15, -0.1) is 0 Å². The van der Waals surface area contributed by atoms with Crippen LogP contribution in [0.4, 0.5) is 0 Å². The fraction of sp³-hybridized carbons (Fsp3) is 0.750. The Balaban J connectivity index is 1.96. The number of hydrogen-bond donors (Lipinski definition) is 1. The van der Waals surface area contributed by atoms with Gasteiger partial charge in [-0.05, 0) is 13.3 Å². The van der Waals surface area contributed by atoms with Gasteiger partial charge >= 0.3 is 0 Å². The molecule has 2 heterocycles. The number of morpholine rings is 1. The van der Waals surface area contributed by atoms with Crippen LogP contribution >= 0.6 is 0 Å². The van der Waals surface area contributed by atoms with Crippen molar-refractivity contribution < 1.29 is 9.53 Å². The first-order chi connectivity index (χ1) is 11.6. The molecule has 2 rings (SSSR count). The molecule has 1 aliphatic rings. The van der Waals surface area contributed by atoms with Gasteiger partial charge in [-0.1, -0.05) is 6.92 Å². The highest BCUT2D eigenvalue weighted by atomic mass is 16.5. The number of aryl methyl sites for hydroxylation is 1. The predicted octanol–water partition coefficient (Wildman–Crippen LogP) is 0.891. The topological polar surface area (TPSA) is 98.1 Å². The Kier molecular flexibility index (Phi) is 6.70. The molecule has 0 unspecified atom stereocenters. The molecule has 0 radical (unpaired) electrons. The van der Waals surface area contributed by atoms with E-state index < -0.39 is 0 Å². The highest BCUT2D eigenvalue weighted by Crippen LogP contribution is 2.21. The number of nitrogens with zero attached hydrogens (tertiary/aromatic N) is 5. The molecular weight excluding hydrogens is 308 g/mol. The quantitative estimate of drug-likeness (QED) is 0.795. The molecule has 8 heteroatoms. The number of nitriles is 1. The molecule has 0 aliphatic carbocycles. The second-order valence-electron chi connectivity index (χ2n) is 6.09. The summed E-state index contributed by atoms with van der Waals surface area (Å²) in [5, 5.41) is 15.9. The van der Waals surface area contributed by atoms with Crippen molar-refractivity contribution in [3.63, 3.8) is 0 Å². The molecular formula is C16H26N6O2. The standard InChI is InChI=1S/C16H26N6O2/c1-4-6-14-18-15(20-19-14)13-11-22(9-10-24-13)12(2)16(23)21(3)8-5-7-17/h12-13H,4-6,8-11H2,1-3H3,(H,18,19,20)/t12-,13+/m0/s1. The van der Waals surface area contributed by atoms with Crippen molar-refractivity contribution in [2.24, 2.45) is 0 Å². The van der Waals surface area contributed by atoms with Crippen molar-refractivity contribution in [3.05, 3.63) is 11.6 Å². The van der Waals surface area contributed by atoms with Crippen LogP contribution in [-0.4, -0.2) is 70.2 Å². The zero-order chi connectivity index (χ0) is 17.5. The number of H-pyrrole nitrogens is 1. The van der Waals surface area contributed by atoms with E-state index in [4.69, 9.17) is 10.00 Å². The van der Waals surface area contributed by atoms with Crippen molar-refractivity contribution in [1.82, 2.24) is 25.0 Å². The largest absolute Gasteiger partial charge is 0.367 e. The lowest BCUT2D eigenvalue weighted by Gasteiger charge is -2.36. The number of aromatic nitrogens is 3. The van der Waals surface area contributed by atoms with Crippen LogP contribution in [0, 0.1) is 11.3 Å². The van der Waals surface area contributed by atoms with Crippen LogP contribution in [0.5, 0.6) is 0 Å². The lowest BCUT2D eigenvalue weighted by molar-refractivity contribution is -0.138.